The molecule has 5 heteroatoms. The van der Waals surface area contributed by atoms with Crippen LogP contribution >= 0.6 is 11.8 Å². The molecule has 1 amide bonds. The summed E-state index contributed by atoms with van der Waals surface area (Å²) < 4.78 is 0. The van der Waals surface area contributed by atoms with Gasteiger partial charge in [0.05, 0.1) is 11.4 Å². The molecule has 1 fully saturated rings. The molecule has 4 nitrogen and oxygen atoms in total. The van der Waals surface area contributed by atoms with Gasteiger partial charge in [-0.25, -0.2) is 0 Å². The van der Waals surface area contributed by atoms with Crippen LogP contribution in [0.25, 0.3) is 0 Å². The second kappa shape index (κ2) is 8.80. The lowest BCUT2D eigenvalue weighted by molar-refractivity contribution is 0.0953. The Labute approximate surface area is 178 Å². The Balaban J connectivity index is 1.72. The highest BCUT2D eigenvalue weighted by Gasteiger charge is 2.33. The van der Waals surface area contributed by atoms with Crippen LogP contribution in [0.1, 0.15) is 50.4 Å². The zero-order chi connectivity index (χ0) is 20.4. The van der Waals surface area contributed by atoms with E-state index in [4.69, 9.17) is 0 Å². The average molecular weight is 410 g/mol. The van der Waals surface area contributed by atoms with Crippen molar-refractivity contribution in [3.8, 4) is 0 Å². The van der Waals surface area contributed by atoms with Gasteiger partial charge in [-0.15, -0.1) is 0 Å². The first-order valence-corrected chi connectivity index (χ1v) is 11.6. The highest BCUT2D eigenvalue weighted by molar-refractivity contribution is 7.99. The van der Waals surface area contributed by atoms with Crippen LogP contribution in [0.5, 0.6) is 0 Å². The summed E-state index contributed by atoms with van der Waals surface area (Å²) in [4.78, 5) is 20.2. The van der Waals surface area contributed by atoms with Crippen LogP contribution in [0.2, 0.25) is 0 Å². The minimum absolute atomic E-state index is 0.0127. The third-order valence-electron chi connectivity index (χ3n) is 6.18. The van der Waals surface area contributed by atoms with E-state index in [-0.39, 0.29) is 5.91 Å². The van der Waals surface area contributed by atoms with Crippen molar-refractivity contribution in [2.45, 2.75) is 61.9 Å². The standard InChI is InChI=1S/C24H31N3OS/c1-4-13-25-24(28)19-11-12-23-21(16-19)27(20-9-5-6-10-22(20)29-23)18(3)17(2)26-14-7-8-15-26/h5-6,9-12,16-18H,4,7-8,13-15H2,1-3H3,(H,25,28). The van der Waals surface area contributed by atoms with Crippen molar-refractivity contribution in [2.24, 2.45) is 0 Å². The van der Waals surface area contributed by atoms with Crippen LogP contribution in [-0.4, -0.2) is 42.5 Å². The number of hydrogen-bond acceptors (Lipinski definition) is 4. The van der Waals surface area contributed by atoms with E-state index in [1.165, 1.54) is 41.4 Å². The van der Waals surface area contributed by atoms with E-state index in [2.05, 4.69) is 72.3 Å². The summed E-state index contributed by atoms with van der Waals surface area (Å²) in [6.45, 7) is 9.81. The summed E-state index contributed by atoms with van der Waals surface area (Å²) in [6.07, 6.45) is 3.53. The number of likely N-dealkylation sites (tertiary alicyclic amines) is 1. The largest absolute Gasteiger partial charge is 0.352 e. The molecule has 0 bridgehead atoms. The van der Waals surface area contributed by atoms with Gasteiger partial charge in [-0.1, -0.05) is 30.8 Å². The number of anilines is 2. The zero-order valence-electron chi connectivity index (χ0n) is 17.6. The second-order valence-corrected chi connectivity index (χ2v) is 9.19. The SMILES string of the molecule is CCCNC(=O)c1ccc2c(c1)N(C(C)C(C)N1CCCC1)c1ccccc1S2. The molecule has 0 aliphatic carbocycles. The fraction of sp³-hybridized carbons (Fsp3) is 0.458. The van der Waals surface area contributed by atoms with Crippen molar-refractivity contribution >= 4 is 29.0 Å². The maximum absolute atomic E-state index is 12.6. The molecule has 2 aliphatic heterocycles. The Morgan fingerprint density at radius 2 is 1.76 bits per heavy atom. The molecule has 2 aromatic carbocycles. The summed E-state index contributed by atoms with van der Waals surface area (Å²) in [5, 5.41) is 3.01. The Kier molecular flexibility index (Phi) is 6.16. The first-order valence-electron chi connectivity index (χ1n) is 10.8. The predicted molar refractivity (Wildman–Crippen MR) is 122 cm³/mol. The number of fused-ring (bicyclic) bond motifs is 2. The third-order valence-corrected chi connectivity index (χ3v) is 7.31. The lowest BCUT2D eigenvalue weighted by atomic mass is 10.0. The minimum atomic E-state index is 0.0127. The molecule has 0 saturated carbocycles. The number of para-hydroxylation sites is 1. The molecule has 0 radical (unpaired) electrons. The van der Waals surface area contributed by atoms with Crippen LogP contribution in [0, 0.1) is 0 Å². The van der Waals surface area contributed by atoms with Crippen molar-refractivity contribution in [3.05, 3.63) is 48.0 Å². The number of nitrogens with one attached hydrogen (secondary N) is 1. The summed E-state index contributed by atoms with van der Waals surface area (Å²) in [7, 11) is 0. The van der Waals surface area contributed by atoms with Gasteiger partial charge < -0.3 is 10.2 Å². The molecule has 2 atom stereocenters. The Morgan fingerprint density at radius 1 is 1.03 bits per heavy atom. The minimum Gasteiger partial charge on any atom is -0.352 e. The topological polar surface area (TPSA) is 35.6 Å². The van der Waals surface area contributed by atoms with Crippen LogP contribution in [-0.2, 0) is 0 Å². The average Bonchev–Trinajstić information content (AvgIpc) is 3.29. The van der Waals surface area contributed by atoms with Crippen LogP contribution in [0.4, 0.5) is 11.4 Å². The molecular formula is C24H31N3OS. The van der Waals surface area contributed by atoms with Gasteiger partial charge in [0.2, 0.25) is 0 Å². The third kappa shape index (κ3) is 4.03. The number of carbonyl (C=O) groups excluding carboxylic acids is 1. The van der Waals surface area contributed by atoms with Gasteiger partial charge in [0.15, 0.2) is 0 Å². The predicted octanol–water partition coefficient (Wildman–Crippen LogP) is 5.30. The molecule has 154 valence electrons. The number of amides is 1. The van der Waals surface area contributed by atoms with Gasteiger partial charge in [0.25, 0.3) is 5.91 Å². The Bertz CT molecular complexity index is 878. The van der Waals surface area contributed by atoms with E-state index >= 15 is 0 Å². The molecule has 0 aromatic heterocycles. The van der Waals surface area contributed by atoms with E-state index in [0.717, 1.165) is 17.7 Å². The number of hydrogen-bond donors (Lipinski definition) is 1. The number of benzene rings is 2. The maximum atomic E-state index is 12.6. The van der Waals surface area contributed by atoms with E-state index in [0.29, 0.717) is 18.6 Å². The van der Waals surface area contributed by atoms with Gasteiger partial charge in [-0.3, -0.25) is 9.69 Å². The molecular weight excluding hydrogens is 378 g/mol. The van der Waals surface area contributed by atoms with Gasteiger partial charge in [0.1, 0.15) is 0 Å². The fourth-order valence-electron chi connectivity index (χ4n) is 4.37. The number of rotatable bonds is 6. The van der Waals surface area contributed by atoms with E-state index in [9.17, 15) is 4.79 Å². The molecule has 4 rings (SSSR count). The van der Waals surface area contributed by atoms with Crippen molar-refractivity contribution in [3.63, 3.8) is 0 Å². The lowest BCUT2D eigenvalue weighted by Crippen LogP contribution is -2.47. The first kappa shape index (κ1) is 20.3. The molecule has 0 spiro atoms. The summed E-state index contributed by atoms with van der Waals surface area (Å²) >= 11 is 1.80. The normalized spacial score (nSPS) is 18.1. The van der Waals surface area contributed by atoms with Crippen LogP contribution in [0.3, 0.4) is 0 Å². The fourth-order valence-corrected chi connectivity index (χ4v) is 5.43. The zero-order valence-corrected chi connectivity index (χ0v) is 18.5. The van der Waals surface area contributed by atoms with E-state index in [1.54, 1.807) is 11.8 Å². The molecule has 2 unspecified atom stereocenters. The molecule has 1 N–H and O–H groups in total. The molecule has 2 heterocycles. The molecule has 29 heavy (non-hydrogen) atoms. The Hall–Kier alpha value is -1.98. The Morgan fingerprint density at radius 3 is 2.52 bits per heavy atom. The lowest BCUT2D eigenvalue weighted by Gasteiger charge is -2.42. The highest BCUT2D eigenvalue weighted by Crippen LogP contribution is 2.49. The van der Waals surface area contributed by atoms with Crippen LogP contribution < -0.4 is 10.2 Å². The van der Waals surface area contributed by atoms with Crippen molar-refractivity contribution in [1.82, 2.24) is 10.2 Å². The second-order valence-electron chi connectivity index (χ2n) is 8.10. The van der Waals surface area contributed by atoms with Crippen molar-refractivity contribution in [1.29, 1.82) is 0 Å². The first-order chi connectivity index (χ1) is 14.1. The van der Waals surface area contributed by atoms with Gasteiger partial charge in [-0.2, -0.15) is 0 Å². The molecule has 2 aliphatic rings. The quantitative estimate of drug-likeness (QED) is 0.702. The summed E-state index contributed by atoms with van der Waals surface area (Å²) in [5.74, 6) is 0.0127. The summed E-state index contributed by atoms with van der Waals surface area (Å²) in [6, 6.07) is 15.5. The molecule has 1 saturated heterocycles. The highest BCUT2D eigenvalue weighted by atomic mass is 32.2. The van der Waals surface area contributed by atoms with Crippen molar-refractivity contribution in [2.75, 3.05) is 24.5 Å². The maximum Gasteiger partial charge on any atom is 0.251 e. The van der Waals surface area contributed by atoms with Gasteiger partial charge in [-0.05, 0) is 76.5 Å². The molecule has 2 aromatic rings. The van der Waals surface area contributed by atoms with Crippen molar-refractivity contribution < 1.29 is 4.79 Å². The number of nitrogens with zero attached hydrogens (tertiary/aromatic N) is 2. The van der Waals surface area contributed by atoms with E-state index in [1.807, 2.05) is 6.07 Å². The van der Waals surface area contributed by atoms with Gasteiger partial charge >= 0.3 is 0 Å². The van der Waals surface area contributed by atoms with E-state index < -0.39 is 0 Å². The smallest absolute Gasteiger partial charge is 0.251 e. The monoisotopic (exact) mass is 409 g/mol. The van der Waals surface area contributed by atoms with Crippen LogP contribution in [0.15, 0.2) is 52.3 Å². The summed E-state index contributed by atoms with van der Waals surface area (Å²) in [5.41, 5.74) is 3.13. The number of carbonyl (C=O) groups is 1. The van der Waals surface area contributed by atoms with Gasteiger partial charge in [0, 0.05) is 34.0 Å².